The first kappa shape index (κ1) is 19.7. The molecule has 0 aromatic carbocycles. The number of amides is 1. The van der Waals surface area contributed by atoms with Crippen molar-refractivity contribution < 1.29 is 18.0 Å². The summed E-state index contributed by atoms with van der Waals surface area (Å²) in [6.07, 6.45) is -5.08. The van der Waals surface area contributed by atoms with Gasteiger partial charge in [0.05, 0.1) is 13.0 Å². The first-order chi connectivity index (χ1) is 11.3. The number of nitrogens with one attached hydrogen (secondary N) is 3. The lowest BCUT2D eigenvalue weighted by atomic mass is 10.3. The molecule has 0 bridgehead atoms. The second kappa shape index (κ2) is 9.74. The van der Waals surface area contributed by atoms with Gasteiger partial charge in [-0.3, -0.25) is 9.79 Å². The van der Waals surface area contributed by atoms with Crippen molar-refractivity contribution in [2.45, 2.75) is 32.9 Å². The number of carbonyl (C=O) groups is 1. The van der Waals surface area contributed by atoms with Gasteiger partial charge in [0.25, 0.3) is 0 Å². The summed E-state index contributed by atoms with van der Waals surface area (Å²) in [5.41, 5.74) is 0.789. The Labute approximate surface area is 139 Å². The highest BCUT2D eigenvalue weighted by Crippen LogP contribution is 2.18. The SMILES string of the molecule is CCNC(=NCCC(F)(F)F)NCCC(=O)Nc1cccc(C)n1. The molecule has 0 radical (unpaired) electrons. The van der Waals surface area contributed by atoms with Gasteiger partial charge in [-0.2, -0.15) is 13.2 Å². The van der Waals surface area contributed by atoms with E-state index in [1.807, 2.05) is 13.0 Å². The van der Waals surface area contributed by atoms with E-state index in [2.05, 4.69) is 25.9 Å². The van der Waals surface area contributed by atoms with Gasteiger partial charge in [-0.1, -0.05) is 6.07 Å². The normalized spacial score (nSPS) is 12.0. The molecule has 1 aromatic rings. The van der Waals surface area contributed by atoms with Crippen LogP contribution in [0.4, 0.5) is 19.0 Å². The second-order valence-electron chi connectivity index (χ2n) is 5.01. The van der Waals surface area contributed by atoms with E-state index in [0.717, 1.165) is 5.69 Å². The Bertz CT molecular complexity index is 560. The first-order valence-corrected chi connectivity index (χ1v) is 7.62. The molecular weight excluding hydrogens is 323 g/mol. The summed E-state index contributed by atoms with van der Waals surface area (Å²) in [4.78, 5) is 19.8. The summed E-state index contributed by atoms with van der Waals surface area (Å²) in [5, 5.41) is 8.30. The van der Waals surface area contributed by atoms with Crippen LogP contribution in [0.2, 0.25) is 0 Å². The minimum Gasteiger partial charge on any atom is -0.357 e. The molecule has 0 aliphatic carbocycles. The topological polar surface area (TPSA) is 78.4 Å². The second-order valence-corrected chi connectivity index (χ2v) is 5.01. The maximum absolute atomic E-state index is 12.1. The van der Waals surface area contributed by atoms with Crippen LogP contribution in [-0.2, 0) is 4.79 Å². The number of hydrogen-bond donors (Lipinski definition) is 3. The third-order valence-corrected chi connectivity index (χ3v) is 2.81. The van der Waals surface area contributed by atoms with Crippen LogP contribution in [-0.4, -0.2) is 42.7 Å². The van der Waals surface area contributed by atoms with Crippen LogP contribution in [0.3, 0.4) is 0 Å². The van der Waals surface area contributed by atoms with Gasteiger partial charge in [-0.15, -0.1) is 0 Å². The zero-order valence-electron chi connectivity index (χ0n) is 13.7. The summed E-state index contributed by atoms with van der Waals surface area (Å²) in [7, 11) is 0. The van der Waals surface area contributed by atoms with Gasteiger partial charge in [0.1, 0.15) is 5.82 Å². The molecule has 0 atom stereocenters. The van der Waals surface area contributed by atoms with E-state index < -0.39 is 12.6 Å². The van der Waals surface area contributed by atoms with Crippen molar-refractivity contribution in [1.29, 1.82) is 0 Å². The van der Waals surface area contributed by atoms with Crippen LogP contribution in [0.1, 0.15) is 25.5 Å². The van der Waals surface area contributed by atoms with Crippen molar-refractivity contribution in [3.63, 3.8) is 0 Å². The molecule has 3 N–H and O–H groups in total. The lowest BCUT2D eigenvalue weighted by molar-refractivity contribution is -0.132. The van der Waals surface area contributed by atoms with Crippen molar-refractivity contribution in [3.05, 3.63) is 23.9 Å². The third kappa shape index (κ3) is 8.96. The number of pyridine rings is 1. The number of carbonyl (C=O) groups excluding carboxylic acids is 1. The monoisotopic (exact) mass is 345 g/mol. The fourth-order valence-corrected chi connectivity index (χ4v) is 1.75. The molecule has 24 heavy (non-hydrogen) atoms. The Kier molecular flexibility index (Phi) is 8.00. The van der Waals surface area contributed by atoms with Crippen LogP contribution < -0.4 is 16.0 Å². The molecule has 0 spiro atoms. The number of aryl methyl sites for hydroxylation is 1. The molecule has 6 nitrogen and oxygen atoms in total. The van der Waals surface area contributed by atoms with Gasteiger partial charge in [0.2, 0.25) is 5.91 Å². The Morgan fingerprint density at radius 3 is 2.67 bits per heavy atom. The number of rotatable bonds is 7. The smallest absolute Gasteiger partial charge is 0.357 e. The molecule has 1 amide bonds. The summed E-state index contributed by atoms with van der Waals surface area (Å²) in [5.74, 6) is 0.473. The van der Waals surface area contributed by atoms with E-state index in [4.69, 9.17) is 0 Å². The number of nitrogens with zero attached hydrogens (tertiary/aromatic N) is 2. The Balaban J connectivity index is 2.38. The van der Waals surface area contributed by atoms with E-state index in [9.17, 15) is 18.0 Å². The van der Waals surface area contributed by atoms with Crippen molar-refractivity contribution >= 4 is 17.7 Å². The van der Waals surface area contributed by atoms with E-state index in [1.165, 1.54) is 0 Å². The molecule has 1 aromatic heterocycles. The fraction of sp³-hybridized carbons (Fsp3) is 0.533. The molecule has 1 heterocycles. The number of anilines is 1. The number of hydrogen-bond acceptors (Lipinski definition) is 3. The van der Waals surface area contributed by atoms with E-state index in [1.54, 1.807) is 19.1 Å². The molecule has 0 unspecified atom stereocenters. The molecule has 0 aliphatic rings. The lowest BCUT2D eigenvalue weighted by Gasteiger charge is -2.11. The Morgan fingerprint density at radius 1 is 1.29 bits per heavy atom. The zero-order valence-corrected chi connectivity index (χ0v) is 13.7. The highest BCUT2D eigenvalue weighted by atomic mass is 19.4. The molecule has 1 rings (SSSR count). The molecular formula is C15H22F3N5O. The summed E-state index contributed by atoms with van der Waals surface area (Å²) in [6, 6.07) is 5.28. The quantitative estimate of drug-likeness (QED) is 0.523. The summed E-state index contributed by atoms with van der Waals surface area (Å²) in [6.45, 7) is 4.01. The number of alkyl halides is 3. The number of halogens is 3. The third-order valence-electron chi connectivity index (χ3n) is 2.81. The van der Waals surface area contributed by atoms with E-state index >= 15 is 0 Å². The summed E-state index contributed by atoms with van der Waals surface area (Å²) >= 11 is 0. The highest BCUT2D eigenvalue weighted by molar-refractivity contribution is 5.90. The lowest BCUT2D eigenvalue weighted by Crippen LogP contribution is -2.39. The van der Waals surface area contributed by atoms with Crippen LogP contribution in [0.25, 0.3) is 0 Å². The summed E-state index contributed by atoms with van der Waals surface area (Å²) < 4.78 is 36.3. The van der Waals surface area contributed by atoms with Crippen molar-refractivity contribution in [1.82, 2.24) is 15.6 Å². The van der Waals surface area contributed by atoms with Crippen LogP contribution in [0.15, 0.2) is 23.2 Å². The molecule has 0 fully saturated rings. The maximum atomic E-state index is 12.1. The predicted octanol–water partition coefficient (Wildman–Crippen LogP) is 2.23. The maximum Gasteiger partial charge on any atom is 0.390 e. The number of guanidine groups is 1. The number of aromatic nitrogens is 1. The van der Waals surface area contributed by atoms with Crippen LogP contribution in [0, 0.1) is 6.92 Å². The van der Waals surface area contributed by atoms with Crippen LogP contribution >= 0.6 is 0 Å². The average molecular weight is 345 g/mol. The molecule has 0 saturated heterocycles. The highest BCUT2D eigenvalue weighted by Gasteiger charge is 2.26. The van der Waals surface area contributed by atoms with Gasteiger partial charge in [-0.05, 0) is 26.0 Å². The molecule has 0 aliphatic heterocycles. The minimum atomic E-state index is -4.23. The Morgan fingerprint density at radius 2 is 2.04 bits per heavy atom. The Hall–Kier alpha value is -2.32. The predicted molar refractivity (Wildman–Crippen MR) is 86.9 cm³/mol. The minimum absolute atomic E-state index is 0.138. The molecule has 9 heteroatoms. The first-order valence-electron chi connectivity index (χ1n) is 7.62. The van der Waals surface area contributed by atoms with Gasteiger partial charge in [0, 0.05) is 25.2 Å². The van der Waals surface area contributed by atoms with Gasteiger partial charge >= 0.3 is 6.18 Å². The zero-order chi connectivity index (χ0) is 18.0. The number of aliphatic imine (C=N–C) groups is 1. The van der Waals surface area contributed by atoms with Crippen molar-refractivity contribution in [2.75, 3.05) is 25.0 Å². The standard InChI is InChI=1S/C15H22F3N5O/c1-3-19-14(21-10-8-15(16,17)18)20-9-7-13(24)23-12-6-4-5-11(2)22-12/h4-6H,3,7-10H2,1-2H3,(H2,19,20,21)(H,22,23,24). The van der Waals surface area contributed by atoms with Gasteiger partial charge < -0.3 is 16.0 Å². The van der Waals surface area contributed by atoms with E-state index in [-0.39, 0.29) is 31.4 Å². The fourth-order valence-electron chi connectivity index (χ4n) is 1.75. The van der Waals surface area contributed by atoms with Gasteiger partial charge in [-0.25, -0.2) is 4.98 Å². The molecule has 0 saturated carbocycles. The van der Waals surface area contributed by atoms with Gasteiger partial charge in [0.15, 0.2) is 5.96 Å². The average Bonchev–Trinajstić information content (AvgIpc) is 2.46. The van der Waals surface area contributed by atoms with Crippen molar-refractivity contribution in [3.8, 4) is 0 Å². The van der Waals surface area contributed by atoms with Crippen LogP contribution in [0.5, 0.6) is 0 Å². The molecule has 134 valence electrons. The van der Waals surface area contributed by atoms with E-state index in [0.29, 0.717) is 12.4 Å². The largest absolute Gasteiger partial charge is 0.390 e. The van der Waals surface area contributed by atoms with Crippen molar-refractivity contribution in [2.24, 2.45) is 4.99 Å².